The summed E-state index contributed by atoms with van der Waals surface area (Å²) in [6.07, 6.45) is 3.54. The van der Waals surface area contributed by atoms with Crippen molar-refractivity contribution in [3.8, 4) is 6.07 Å². The minimum Gasteiger partial charge on any atom is -0.420 e. The average Bonchev–Trinajstić information content (AvgIpc) is 3.22. The molecular weight excluding hydrogens is 471 g/mol. The first-order valence-corrected chi connectivity index (χ1v) is 10.9. The van der Waals surface area contributed by atoms with Crippen LogP contribution in [0.15, 0.2) is 46.9 Å². The van der Waals surface area contributed by atoms with Gasteiger partial charge in [-0.1, -0.05) is 46.9 Å². The zero-order valence-electron chi connectivity index (χ0n) is 16.8. The van der Waals surface area contributed by atoms with Crippen LogP contribution in [0.4, 0.5) is 5.88 Å². The van der Waals surface area contributed by atoms with E-state index in [1.54, 1.807) is 41.3 Å². The molecule has 0 unspecified atom stereocenters. The lowest BCUT2D eigenvalue weighted by Crippen LogP contribution is -2.49. The lowest BCUT2D eigenvalue weighted by Gasteiger charge is -2.34. The zero-order chi connectivity index (χ0) is 22.7. The summed E-state index contributed by atoms with van der Waals surface area (Å²) in [5, 5.41) is 10.9. The average molecular weight is 488 g/mol. The van der Waals surface area contributed by atoms with Crippen LogP contribution in [0, 0.1) is 11.3 Å². The molecule has 4 rings (SSSR count). The van der Waals surface area contributed by atoms with Crippen LogP contribution >= 0.6 is 34.8 Å². The molecule has 2 heterocycles. The predicted molar refractivity (Wildman–Crippen MR) is 126 cm³/mol. The molecule has 1 fully saturated rings. The second-order valence-electron chi connectivity index (χ2n) is 7.11. The van der Waals surface area contributed by atoms with E-state index < -0.39 is 0 Å². The minimum atomic E-state index is -0.156. The molecule has 6 nitrogen and oxygen atoms in total. The third-order valence-electron chi connectivity index (χ3n) is 5.04. The highest BCUT2D eigenvalue weighted by atomic mass is 35.5. The molecule has 9 heteroatoms. The van der Waals surface area contributed by atoms with E-state index in [4.69, 9.17) is 39.2 Å². The number of oxazole rings is 1. The Morgan fingerprint density at radius 3 is 2.34 bits per heavy atom. The Morgan fingerprint density at radius 2 is 1.69 bits per heavy atom. The number of rotatable bonds is 4. The number of hydrogen-bond donors (Lipinski definition) is 0. The molecule has 32 heavy (non-hydrogen) atoms. The van der Waals surface area contributed by atoms with Crippen LogP contribution in [-0.2, 0) is 0 Å². The smallest absolute Gasteiger partial charge is 0.255 e. The van der Waals surface area contributed by atoms with Gasteiger partial charge in [0.25, 0.3) is 5.91 Å². The van der Waals surface area contributed by atoms with Crippen LogP contribution in [0.2, 0.25) is 15.1 Å². The quantitative estimate of drug-likeness (QED) is 0.476. The largest absolute Gasteiger partial charge is 0.420 e. The van der Waals surface area contributed by atoms with Crippen LogP contribution in [-0.4, -0.2) is 42.0 Å². The van der Waals surface area contributed by atoms with Gasteiger partial charge in [0.15, 0.2) is 0 Å². The number of piperazine rings is 1. The Morgan fingerprint density at radius 1 is 1.00 bits per heavy atom. The van der Waals surface area contributed by atoms with Gasteiger partial charge in [0.05, 0.1) is 10.6 Å². The molecule has 162 valence electrons. The van der Waals surface area contributed by atoms with Gasteiger partial charge >= 0.3 is 0 Å². The van der Waals surface area contributed by atoms with Gasteiger partial charge < -0.3 is 14.2 Å². The number of carbonyl (C=O) groups excluding carboxylic acids is 1. The van der Waals surface area contributed by atoms with Crippen LogP contribution in [0.3, 0.4) is 0 Å². The van der Waals surface area contributed by atoms with Gasteiger partial charge in [-0.3, -0.25) is 4.79 Å². The van der Waals surface area contributed by atoms with Gasteiger partial charge in [0, 0.05) is 42.3 Å². The summed E-state index contributed by atoms with van der Waals surface area (Å²) in [5.41, 5.74) is 1.55. The SMILES string of the molecule is N#Cc1nc(/C=C/c2ccc(Cl)cc2)oc1N1CCN(C(=O)c2ccc(Cl)cc2Cl)CC1. The standard InChI is InChI=1S/C23H17Cl3N4O2/c24-16-4-1-15(2-5-16)3-8-21-28-20(14-27)23(32-21)30-11-9-29(10-12-30)22(31)18-7-6-17(25)13-19(18)26/h1-8,13H,9-12H2/b8-3+. The minimum absolute atomic E-state index is 0.156. The van der Waals surface area contributed by atoms with E-state index in [2.05, 4.69) is 11.1 Å². The van der Waals surface area contributed by atoms with Crippen molar-refractivity contribution in [3.63, 3.8) is 0 Å². The normalized spacial score (nSPS) is 14.1. The molecule has 0 aliphatic carbocycles. The summed E-state index contributed by atoms with van der Waals surface area (Å²) < 4.78 is 5.84. The summed E-state index contributed by atoms with van der Waals surface area (Å²) in [6.45, 7) is 1.92. The molecule has 1 aliphatic rings. The summed E-state index contributed by atoms with van der Waals surface area (Å²) in [5.74, 6) is 0.578. The number of benzene rings is 2. The number of aromatic nitrogens is 1. The Hall–Kier alpha value is -2.98. The van der Waals surface area contributed by atoms with Gasteiger partial charge in [-0.25, -0.2) is 0 Å². The van der Waals surface area contributed by atoms with Gasteiger partial charge in [-0.15, -0.1) is 0 Å². The highest BCUT2D eigenvalue weighted by molar-refractivity contribution is 6.36. The van der Waals surface area contributed by atoms with Crippen molar-refractivity contribution in [1.82, 2.24) is 9.88 Å². The number of carbonyl (C=O) groups is 1. The highest BCUT2D eigenvalue weighted by Gasteiger charge is 2.27. The van der Waals surface area contributed by atoms with Crippen LogP contribution in [0.1, 0.15) is 27.5 Å². The van der Waals surface area contributed by atoms with Crippen molar-refractivity contribution in [3.05, 3.63) is 80.2 Å². The molecule has 0 radical (unpaired) electrons. The molecule has 0 spiro atoms. The summed E-state index contributed by atoms with van der Waals surface area (Å²) in [6, 6.07) is 14.2. The van der Waals surface area contributed by atoms with Crippen LogP contribution in [0.25, 0.3) is 12.2 Å². The second kappa shape index (κ2) is 9.66. The molecule has 3 aromatic rings. The van der Waals surface area contributed by atoms with E-state index >= 15 is 0 Å². The molecule has 0 bridgehead atoms. The molecule has 1 saturated heterocycles. The van der Waals surface area contributed by atoms with Crippen LogP contribution in [0.5, 0.6) is 0 Å². The number of halogens is 3. The number of anilines is 1. The third-order valence-corrected chi connectivity index (χ3v) is 5.84. The molecule has 1 aliphatic heterocycles. The third kappa shape index (κ3) is 4.91. The Kier molecular flexibility index (Phi) is 6.71. The Balaban J connectivity index is 1.44. The van der Waals surface area contributed by atoms with Gasteiger partial charge in [-0.05, 0) is 42.0 Å². The first kappa shape index (κ1) is 22.2. The van der Waals surface area contributed by atoms with Crippen molar-refractivity contribution >= 4 is 58.7 Å². The van der Waals surface area contributed by atoms with Gasteiger partial charge in [0.1, 0.15) is 6.07 Å². The van der Waals surface area contributed by atoms with Crippen molar-refractivity contribution in [2.45, 2.75) is 0 Å². The number of amides is 1. The zero-order valence-corrected chi connectivity index (χ0v) is 19.0. The Bertz CT molecular complexity index is 1210. The van der Waals surface area contributed by atoms with Crippen molar-refractivity contribution < 1.29 is 9.21 Å². The number of hydrogen-bond acceptors (Lipinski definition) is 5. The lowest BCUT2D eigenvalue weighted by molar-refractivity contribution is 0.0745. The topological polar surface area (TPSA) is 73.4 Å². The fourth-order valence-electron chi connectivity index (χ4n) is 3.37. The van der Waals surface area contributed by atoms with Crippen molar-refractivity contribution in [1.29, 1.82) is 5.26 Å². The monoisotopic (exact) mass is 486 g/mol. The molecule has 2 aromatic carbocycles. The first-order valence-electron chi connectivity index (χ1n) is 9.78. The molecule has 0 atom stereocenters. The fraction of sp³-hybridized carbons (Fsp3) is 0.174. The van der Waals surface area contributed by atoms with E-state index in [0.29, 0.717) is 58.6 Å². The molecular formula is C23H17Cl3N4O2. The maximum Gasteiger partial charge on any atom is 0.255 e. The molecule has 0 N–H and O–H groups in total. The van der Waals surface area contributed by atoms with Crippen molar-refractivity contribution in [2.75, 3.05) is 31.1 Å². The number of nitriles is 1. The second-order valence-corrected chi connectivity index (χ2v) is 8.39. The first-order chi connectivity index (χ1) is 15.4. The summed E-state index contributed by atoms with van der Waals surface area (Å²) in [7, 11) is 0. The summed E-state index contributed by atoms with van der Waals surface area (Å²) >= 11 is 18.0. The number of nitrogens with zero attached hydrogens (tertiary/aromatic N) is 4. The lowest BCUT2D eigenvalue weighted by atomic mass is 10.1. The van der Waals surface area contributed by atoms with E-state index in [1.807, 2.05) is 23.1 Å². The highest BCUT2D eigenvalue weighted by Crippen LogP contribution is 2.26. The van der Waals surface area contributed by atoms with Gasteiger partial charge in [0.2, 0.25) is 17.5 Å². The van der Waals surface area contributed by atoms with E-state index in [-0.39, 0.29) is 11.6 Å². The molecule has 1 aromatic heterocycles. The maximum atomic E-state index is 12.8. The Labute approximate surface area is 200 Å². The van der Waals surface area contributed by atoms with Crippen molar-refractivity contribution in [2.24, 2.45) is 0 Å². The molecule has 0 saturated carbocycles. The van der Waals surface area contributed by atoms with E-state index in [1.165, 1.54) is 0 Å². The summed E-state index contributed by atoms with van der Waals surface area (Å²) in [4.78, 5) is 20.7. The van der Waals surface area contributed by atoms with E-state index in [9.17, 15) is 10.1 Å². The van der Waals surface area contributed by atoms with Crippen LogP contribution < -0.4 is 4.90 Å². The predicted octanol–water partition coefficient (Wildman–Crippen LogP) is 5.64. The van der Waals surface area contributed by atoms with E-state index in [0.717, 1.165) is 5.56 Å². The maximum absolute atomic E-state index is 12.8. The molecule has 1 amide bonds. The fourth-order valence-corrected chi connectivity index (χ4v) is 3.99. The van der Waals surface area contributed by atoms with Gasteiger partial charge in [-0.2, -0.15) is 10.2 Å².